The highest BCUT2D eigenvalue weighted by atomic mass is 19.4. The fourth-order valence-electron chi connectivity index (χ4n) is 3.35. The van der Waals surface area contributed by atoms with Gasteiger partial charge in [0.05, 0.1) is 22.8 Å². The van der Waals surface area contributed by atoms with Crippen LogP contribution in [0.4, 0.5) is 18.9 Å². The molecule has 0 aromatic heterocycles. The first-order valence-electron chi connectivity index (χ1n) is 10.3. The second kappa shape index (κ2) is 10.2. The summed E-state index contributed by atoms with van der Waals surface area (Å²) >= 11 is 0. The van der Waals surface area contributed by atoms with Crippen LogP contribution in [-0.2, 0) is 22.2 Å². The van der Waals surface area contributed by atoms with Gasteiger partial charge in [0, 0.05) is 18.1 Å². The molecule has 1 amide bonds. The molecule has 1 aliphatic rings. The van der Waals surface area contributed by atoms with E-state index in [1.54, 1.807) is 49.5 Å². The van der Waals surface area contributed by atoms with E-state index in [9.17, 15) is 22.8 Å². The van der Waals surface area contributed by atoms with Gasteiger partial charge in [0.25, 0.3) is 5.91 Å². The van der Waals surface area contributed by atoms with Gasteiger partial charge in [0.2, 0.25) is 0 Å². The predicted octanol–water partition coefficient (Wildman–Crippen LogP) is 5.02. The summed E-state index contributed by atoms with van der Waals surface area (Å²) in [5.74, 6) is -2.22. The van der Waals surface area contributed by atoms with E-state index in [1.807, 2.05) is 0 Å². The number of allylic oxidation sites excluding steroid dienone is 3. The van der Waals surface area contributed by atoms with Crippen LogP contribution in [0.5, 0.6) is 0 Å². The average molecular weight is 469 g/mol. The first-order chi connectivity index (χ1) is 16.1. The average Bonchev–Trinajstić information content (AvgIpc) is 2.80. The minimum atomic E-state index is -4.42. The van der Waals surface area contributed by atoms with E-state index >= 15 is 0 Å². The van der Waals surface area contributed by atoms with Crippen molar-refractivity contribution in [1.29, 1.82) is 5.41 Å². The Labute approximate surface area is 194 Å². The van der Waals surface area contributed by atoms with Gasteiger partial charge in [-0.15, -0.1) is 0 Å². The highest BCUT2D eigenvalue weighted by Gasteiger charge is 2.30. The third-order valence-electron chi connectivity index (χ3n) is 5.32. The number of amides is 1. The number of halogens is 3. The SMILES string of the molecule is CC(C(=O)O)c1ccc(NC(=O)/C(C=N)=C2/NC=CC=C2Cc2ccc(C(F)(F)F)cc2)cc1. The standard InChI is InChI=1S/C25H22F3N3O3/c1-15(24(33)34)17-6-10-20(11-7-17)31-23(32)21(14-29)22-18(3-2-12-30-22)13-16-4-8-19(9-5-16)25(26,27)28/h2-12,14-15,29-30H,13H2,1H3,(H,31,32)(H,33,34)/b22-21+,29-14?. The van der Waals surface area contributed by atoms with Gasteiger partial charge < -0.3 is 21.1 Å². The second-order valence-corrected chi connectivity index (χ2v) is 7.64. The Morgan fingerprint density at radius 1 is 1.12 bits per heavy atom. The Hall–Kier alpha value is -4.14. The molecule has 2 aromatic rings. The van der Waals surface area contributed by atoms with Crippen LogP contribution in [-0.4, -0.2) is 23.2 Å². The van der Waals surface area contributed by atoms with Gasteiger partial charge in [0.15, 0.2) is 0 Å². The molecule has 1 unspecified atom stereocenters. The maximum atomic E-state index is 12.9. The van der Waals surface area contributed by atoms with E-state index in [0.717, 1.165) is 18.3 Å². The quantitative estimate of drug-likeness (QED) is 0.338. The number of aliphatic carboxylic acids is 1. The van der Waals surface area contributed by atoms with Crippen molar-refractivity contribution in [2.24, 2.45) is 0 Å². The molecule has 3 rings (SSSR count). The number of carboxylic acid groups (broad SMARTS) is 1. The normalized spacial score (nSPS) is 15.6. The fraction of sp³-hybridized carbons (Fsp3) is 0.160. The summed E-state index contributed by atoms with van der Waals surface area (Å²) in [5.41, 5.74) is 1.90. The molecule has 0 fully saturated rings. The summed E-state index contributed by atoms with van der Waals surface area (Å²) in [7, 11) is 0. The largest absolute Gasteiger partial charge is 0.481 e. The summed E-state index contributed by atoms with van der Waals surface area (Å²) in [6.07, 6.45) is 1.74. The zero-order valence-electron chi connectivity index (χ0n) is 18.1. The Kier molecular flexibility index (Phi) is 7.35. The van der Waals surface area contributed by atoms with E-state index in [1.165, 1.54) is 12.1 Å². The number of carbonyl (C=O) groups is 2. The molecule has 9 heteroatoms. The topological polar surface area (TPSA) is 102 Å². The number of rotatable bonds is 7. The summed E-state index contributed by atoms with van der Waals surface area (Å²) in [4.78, 5) is 24.0. The summed E-state index contributed by atoms with van der Waals surface area (Å²) in [6.45, 7) is 1.56. The monoisotopic (exact) mass is 469 g/mol. The number of alkyl halides is 3. The number of hydrogen-bond acceptors (Lipinski definition) is 4. The first-order valence-corrected chi connectivity index (χ1v) is 10.3. The lowest BCUT2D eigenvalue weighted by Crippen LogP contribution is -2.23. The molecule has 1 aliphatic heterocycles. The number of nitrogens with one attached hydrogen (secondary N) is 3. The molecule has 6 nitrogen and oxygen atoms in total. The number of carbonyl (C=O) groups excluding carboxylic acids is 1. The maximum Gasteiger partial charge on any atom is 0.416 e. The van der Waals surface area contributed by atoms with Gasteiger partial charge in [-0.3, -0.25) is 9.59 Å². The van der Waals surface area contributed by atoms with Crippen molar-refractivity contribution < 1.29 is 27.9 Å². The molecule has 0 saturated heterocycles. The van der Waals surface area contributed by atoms with Gasteiger partial charge in [-0.2, -0.15) is 13.2 Å². The number of hydrogen-bond donors (Lipinski definition) is 4. The lowest BCUT2D eigenvalue weighted by atomic mass is 9.96. The highest BCUT2D eigenvalue weighted by molar-refractivity contribution is 6.18. The lowest BCUT2D eigenvalue weighted by molar-refractivity contribution is -0.138. The van der Waals surface area contributed by atoms with Gasteiger partial charge in [-0.05, 0) is 60.4 Å². The molecule has 0 bridgehead atoms. The minimum Gasteiger partial charge on any atom is -0.481 e. The summed E-state index contributed by atoms with van der Waals surface area (Å²) in [6, 6.07) is 11.1. The molecule has 34 heavy (non-hydrogen) atoms. The van der Waals surface area contributed by atoms with Crippen molar-refractivity contribution >= 4 is 23.8 Å². The number of benzene rings is 2. The van der Waals surface area contributed by atoms with E-state index in [4.69, 9.17) is 10.5 Å². The van der Waals surface area contributed by atoms with Gasteiger partial charge in [0.1, 0.15) is 0 Å². The van der Waals surface area contributed by atoms with Gasteiger partial charge in [-0.1, -0.05) is 30.3 Å². The Morgan fingerprint density at radius 3 is 2.32 bits per heavy atom. The Morgan fingerprint density at radius 2 is 1.76 bits per heavy atom. The zero-order chi connectivity index (χ0) is 24.9. The van der Waals surface area contributed by atoms with Crippen LogP contribution in [0.15, 0.2) is 83.7 Å². The predicted molar refractivity (Wildman–Crippen MR) is 122 cm³/mol. The molecule has 0 spiro atoms. The van der Waals surface area contributed by atoms with Crippen LogP contribution in [0.1, 0.15) is 29.5 Å². The molecular formula is C25H22F3N3O3. The Balaban J connectivity index is 1.80. The fourth-order valence-corrected chi connectivity index (χ4v) is 3.35. The van der Waals surface area contributed by atoms with E-state index < -0.39 is 29.5 Å². The summed E-state index contributed by atoms with van der Waals surface area (Å²) < 4.78 is 38.5. The lowest BCUT2D eigenvalue weighted by Gasteiger charge is -2.19. The third kappa shape index (κ3) is 5.80. The van der Waals surface area contributed by atoms with Gasteiger partial charge >= 0.3 is 12.1 Å². The van der Waals surface area contributed by atoms with Crippen molar-refractivity contribution in [3.63, 3.8) is 0 Å². The van der Waals surface area contributed by atoms with Crippen molar-refractivity contribution in [3.8, 4) is 0 Å². The minimum absolute atomic E-state index is 0.0329. The molecule has 1 heterocycles. The van der Waals surface area contributed by atoms with Crippen LogP contribution >= 0.6 is 0 Å². The highest BCUT2D eigenvalue weighted by Crippen LogP contribution is 2.30. The van der Waals surface area contributed by atoms with Crippen LogP contribution in [0, 0.1) is 5.41 Å². The van der Waals surface area contributed by atoms with Gasteiger partial charge in [-0.25, -0.2) is 0 Å². The second-order valence-electron chi connectivity index (χ2n) is 7.64. The first kappa shape index (κ1) is 24.5. The molecule has 1 atom stereocenters. The van der Waals surface area contributed by atoms with Crippen LogP contribution < -0.4 is 10.6 Å². The van der Waals surface area contributed by atoms with Crippen molar-refractivity contribution in [2.45, 2.75) is 25.4 Å². The van der Waals surface area contributed by atoms with E-state index in [2.05, 4.69) is 10.6 Å². The van der Waals surface area contributed by atoms with Crippen molar-refractivity contribution in [3.05, 3.63) is 100 Å². The molecule has 4 N–H and O–H groups in total. The number of carboxylic acids is 1. The third-order valence-corrected chi connectivity index (χ3v) is 5.32. The van der Waals surface area contributed by atoms with E-state index in [0.29, 0.717) is 28.1 Å². The molecular weight excluding hydrogens is 447 g/mol. The molecule has 0 saturated carbocycles. The Bertz CT molecular complexity index is 1180. The van der Waals surface area contributed by atoms with Crippen molar-refractivity contribution in [2.75, 3.05) is 5.32 Å². The van der Waals surface area contributed by atoms with Crippen LogP contribution in [0.2, 0.25) is 0 Å². The molecule has 0 aliphatic carbocycles. The van der Waals surface area contributed by atoms with Crippen molar-refractivity contribution in [1.82, 2.24) is 5.32 Å². The smallest absolute Gasteiger partial charge is 0.416 e. The van der Waals surface area contributed by atoms with Crippen LogP contribution in [0.25, 0.3) is 0 Å². The maximum absolute atomic E-state index is 12.9. The van der Waals surface area contributed by atoms with E-state index in [-0.39, 0.29) is 12.0 Å². The summed E-state index contributed by atoms with van der Waals surface area (Å²) in [5, 5.41) is 22.5. The number of dihydropyridines is 1. The molecule has 2 aromatic carbocycles. The van der Waals surface area contributed by atoms with Crippen LogP contribution in [0.3, 0.4) is 0 Å². The number of anilines is 1. The molecule has 176 valence electrons. The molecule has 0 radical (unpaired) electrons. The zero-order valence-corrected chi connectivity index (χ0v) is 18.1.